The molecule has 1 atom stereocenters. The van der Waals surface area contributed by atoms with E-state index in [1.54, 1.807) is 12.1 Å². The van der Waals surface area contributed by atoms with Gasteiger partial charge in [-0.1, -0.05) is 17.7 Å². The Morgan fingerprint density at radius 2 is 2.19 bits per heavy atom. The van der Waals surface area contributed by atoms with Crippen LogP contribution in [-0.4, -0.2) is 20.3 Å². The zero-order valence-electron chi connectivity index (χ0n) is 10.6. The molecule has 7 heteroatoms. The van der Waals surface area contributed by atoms with E-state index in [2.05, 4.69) is 4.98 Å². The standard InChI is InChI=1S/C14H9ClN2O3S/c15-12-4-3-10(6-11(12)14(18)19)21(20)8-9-2-1-5-17-13(9)7-16/h1-6H,8H2,(H,18,19). The maximum Gasteiger partial charge on any atom is 0.337 e. The average molecular weight is 321 g/mol. The Morgan fingerprint density at radius 1 is 1.43 bits per heavy atom. The normalized spacial score (nSPS) is 11.6. The molecule has 1 N–H and O–H groups in total. The number of carbonyl (C=O) groups is 1. The molecule has 0 fully saturated rings. The molecule has 21 heavy (non-hydrogen) atoms. The van der Waals surface area contributed by atoms with Gasteiger partial charge in [-0.05, 0) is 24.3 Å². The fourth-order valence-electron chi connectivity index (χ4n) is 1.69. The van der Waals surface area contributed by atoms with E-state index in [0.717, 1.165) is 0 Å². The maximum absolute atomic E-state index is 12.3. The lowest BCUT2D eigenvalue weighted by Gasteiger charge is -2.06. The summed E-state index contributed by atoms with van der Waals surface area (Å²) in [7, 11) is -1.49. The Morgan fingerprint density at radius 3 is 2.86 bits per heavy atom. The summed E-state index contributed by atoms with van der Waals surface area (Å²) in [5.41, 5.74) is 0.651. The quantitative estimate of drug-likeness (QED) is 0.935. The highest BCUT2D eigenvalue weighted by molar-refractivity contribution is 7.84. The zero-order chi connectivity index (χ0) is 15.4. The molecule has 1 heterocycles. The minimum atomic E-state index is -1.49. The Hall–Kier alpha value is -2.23. The van der Waals surface area contributed by atoms with Crippen molar-refractivity contribution >= 4 is 28.4 Å². The van der Waals surface area contributed by atoms with E-state index in [9.17, 15) is 9.00 Å². The van der Waals surface area contributed by atoms with Crippen LogP contribution in [0.15, 0.2) is 41.4 Å². The number of pyridine rings is 1. The van der Waals surface area contributed by atoms with Gasteiger partial charge in [0.15, 0.2) is 0 Å². The second-order valence-electron chi connectivity index (χ2n) is 4.06. The summed E-state index contributed by atoms with van der Waals surface area (Å²) in [6.45, 7) is 0. The van der Waals surface area contributed by atoms with Crippen LogP contribution in [0, 0.1) is 11.3 Å². The molecule has 0 radical (unpaired) electrons. The summed E-state index contributed by atoms with van der Waals surface area (Å²) in [6, 6.07) is 9.43. The smallest absolute Gasteiger partial charge is 0.337 e. The molecule has 0 aliphatic carbocycles. The first-order valence-electron chi connectivity index (χ1n) is 5.78. The molecular formula is C14H9ClN2O3S. The number of aromatic nitrogens is 1. The van der Waals surface area contributed by atoms with E-state index >= 15 is 0 Å². The molecule has 0 saturated heterocycles. The second kappa shape index (κ2) is 6.48. The molecule has 1 aromatic carbocycles. The van der Waals surface area contributed by atoms with Gasteiger partial charge in [0.2, 0.25) is 0 Å². The van der Waals surface area contributed by atoms with Crippen LogP contribution in [-0.2, 0) is 16.6 Å². The van der Waals surface area contributed by atoms with E-state index in [-0.39, 0.29) is 22.0 Å². The van der Waals surface area contributed by atoms with Gasteiger partial charge in [-0.25, -0.2) is 9.78 Å². The lowest BCUT2D eigenvalue weighted by Crippen LogP contribution is -2.03. The first-order chi connectivity index (χ1) is 10.0. The van der Waals surface area contributed by atoms with Gasteiger partial charge in [-0.15, -0.1) is 0 Å². The van der Waals surface area contributed by atoms with Crippen molar-refractivity contribution in [1.29, 1.82) is 5.26 Å². The summed E-state index contributed by atoms with van der Waals surface area (Å²) < 4.78 is 12.3. The van der Waals surface area contributed by atoms with Gasteiger partial charge in [0.05, 0.1) is 27.1 Å². The van der Waals surface area contributed by atoms with Crippen LogP contribution in [0.5, 0.6) is 0 Å². The molecule has 106 valence electrons. The predicted octanol–water partition coefficient (Wildman–Crippen LogP) is 2.61. The Kier molecular flexibility index (Phi) is 4.68. The van der Waals surface area contributed by atoms with E-state index in [1.165, 1.54) is 24.4 Å². The number of rotatable bonds is 4. The number of nitriles is 1. The fourth-order valence-corrected chi connectivity index (χ4v) is 3.04. The van der Waals surface area contributed by atoms with Gasteiger partial charge in [-0.2, -0.15) is 5.26 Å². The SMILES string of the molecule is N#Cc1ncccc1CS(=O)c1ccc(Cl)c(C(=O)O)c1. The molecule has 0 aliphatic rings. The van der Waals surface area contributed by atoms with Gasteiger partial charge in [0, 0.05) is 16.7 Å². The number of hydrogen-bond acceptors (Lipinski definition) is 4. The van der Waals surface area contributed by atoms with Gasteiger partial charge in [0.25, 0.3) is 0 Å². The first kappa shape index (κ1) is 15.2. The van der Waals surface area contributed by atoms with Gasteiger partial charge in [0.1, 0.15) is 11.8 Å². The van der Waals surface area contributed by atoms with E-state index in [4.69, 9.17) is 22.0 Å². The molecule has 5 nitrogen and oxygen atoms in total. The topological polar surface area (TPSA) is 91.0 Å². The maximum atomic E-state index is 12.3. The molecule has 0 saturated carbocycles. The van der Waals surface area contributed by atoms with Crippen molar-refractivity contribution in [2.24, 2.45) is 0 Å². The van der Waals surface area contributed by atoms with Crippen LogP contribution in [0.3, 0.4) is 0 Å². The third-order valence-electron chi connectivity index (χ3n) is 2.71. The summed E-state index contributed by atoms with van der Waals surface area (Å²) in [5, 5.41) is 18.0. The van der Waals surface area contributed by atoms with Crippen LogP contribution >= 0.6 is 11.6 Å². The van der Waals surface area contributed by atoms with Crippen molar-refractivity contribution in [1.82, 2.24) is 4.98 Å². The molecule has 2 rings (SSSR count). The second-order valence-corrected chi connectivity index (χ2v) is 5.92. The average Bonchev–Trinajstić information content (AvgIpc) is 2.47. The van der Waals surface area contributed by atoms with Crippen molar-refractivity contribution in [3.05, 3.63) is 58.4 Å². The van der Waals surface area contributed by atoms with Crippen molar-refractivity contribution < 1.29 is 14.1 Å². The van der Waals surface area contributed by atoms with Crippen molar-refractivity contribution in [3.63, 3.8) is 0 Å². The van der Waals surface area contributed by atoms with E-state index in [0.29, 0.717) is 10.5 Å². The predicted molar refractivity (Wildman–Crippen MR) is 77.5 cm³/mol. The molecular weight excluding hydrogens is 312 g/mol. The zero-order valence-corrected chi connectivity index (χ0v) is 12.2. The summed E-state index contributed by atoms with van der Waals surface area (Å²) in [6.07, 6.45) is 1.48. The van der Waals surface area contributed by atoms with Crippen LogP contribution in [0.2, 0.25) is 5.02 Å². The van der Waals surface area contributed by atoms with Crippen molar-refractivity contribution in [2.75, 3.05) is 0 Å². The summed E-state index contributed by atoms with van der Waals surface area (Å²) in [5.74, 6) is -1.10. The molecule has 0 bridgehead atoms. The molecule has 1 unspecified atom stereocenters. The Labute approximate surface area is 128 Å². The monoisotopic (exact) mass is 320 g/mol. The fraction of sp³-hybridized carbons (Fsp3) is 0.0714. The van der Waals surface area contributed by atoms with E-state index < -0.39 is 16.8 Å². The molecule has 2 aromatic rings. The van der Waals surface area contributed by atoms with E-state index in [1.807, 2.05) is 6.07 Å². The largest absolute Gasteiger partial charge is 0.478 e. The molecule has 0 spiro atoms. The first-order valence-corrected chi connectivity index (χ1v) is 7.48. The van der Waals surface area contributed by atoms with Gasteiger partial charge in [-0.3, -0.25) is 4.21 Å². The highest BCUT2D eigenvalue weighted by atomic mass is 35.5. The van der Waals surface area contributed by atoms with Crippen molar-refractivity contribution in [2.45, 2.75) is 10.6 Å². The molecule has 0 aliphatic heterocycles. The Balaban J connectivity index is 2.31. The minimum Gasteiger partial charge on any atom is -0.478 e. The third kappa shape index (κ3) is 3.45. The number of aromatic carboxylic acids is 1. The number of halogens is 1. The number of hydrogen-bond donors (Lipinski definition) is 1. The summed E-state index contributed by atoms with van der Waals surface area (Å²) >= 11 is 5.77. The number of benzene rings is 1. The van der Waals surface area contributed by atoms with Crippen LogP contribution in [0.1, 0.15) is 21.6 Å². The molecule has 1 aromatic heterocycles. The minimum absolute atomic E-state index is 0.0808. The van der Waals surface area contributed by atoms with Gasteiger partial charge >= 0.3 is 5.97 Å². The highest BCUT2D eigenvalue weighted by Crippen LogP contribution is 2.21. The Bertz CT molecular complexity index is 771. The van der Waals surface area contributed by atoms with Crippen LogP contribution in [0.4, 0.5) is 0 Å². The molecule has 0 amide bonds. The van der Waals surface area contributed by atoms with Crippen molar-refractivity contribution in [3.8, 4) is 6.07 Å². The van der Waals surface area contributed by atoms with Crippen LogP contribution in [0.25, 0.3) is 0 Å². The third-order valence-corrected chi connectivity index (χ3v) is 4.40. The number of carboxylic acids is 1. The summed E-state index contributed by atoms with van der Waals surface area (Å²) in [4.78, 5) is 15.2. The lowest BCUT2D eigenvalue weighted by molar-refractivity contribution is 0.0697. The highest BCUT2D eigenvalue weighted by Gasteiger charge is 2.14. The van der Waals surface area contributed by atoms with Crippen LogP contribution < -0.4 is 0 Å². The number of nitrogens with zero attached hydrogens (tertiary/aromatic N) is 2. The lowest BCUT2D eigenvalue weighted by atomic mass is 10.2. The number of carboxylic acid groups (broad SMARTS) is 1. The van der Waals surface area contributed by atoms with Gasteiger partial charge < -0.3 is 5.11 Å².